The lowest BCUT2D eigenvalue weighted by atomic mass is 10.1. The highest BCUT2D eigenvalue weighted by atomic mass is 32.2. The number of hydrogen-bond acceptors (Lipinski definition) is 4. The SMILES string of the molecule is COC(=O)C1CSCC(c2cc(F)ccc2F)N1. The summed E-state index contributed by atoms with van der Waals surface area (Å²) in [6, 6.07) is 2.46. The number of carbonyl (C=O) groups excluding carboxylic acids is 1. The number of rotatable bonds is 2. The number of methoxy groups -OCH3 is 1. The molecule has 3 nitrogen and oxygen atoms in total. The van der Waals surface area contributed by atoms with Gasteiger partial charge in [0, 0.05) is 23.1 Å². The minimum Gasteiger partial charge on any atom is -0.468 e. The maximum atomic E-state index is 13.6. The second kappa shape index (κ2) is 5.67. The molecule has 0 saturated carbocycles. The number of benzene rings is 1. The van der Waals surface area contributed by atoms with E-state index in [1.165, 1.54) is 18.9 Å². The van der Waals surface area contributed by atoms with E-state index in [0.29, 0.717) is 11.5 Å². The van der Waals surface area contributed by atoms with E-state index in [9.17, 15) is 13.6 Å². The monoisotopic (exact) mass is 273 g/mol. The van der Waals surface area contributed by atoms with E-state index in [4.69, 9.17) is 0 Å². The zero-order chi connectivity index (χ0) is 13.1. The predicted molar refractivity (Wildman–Crippen MR) is 65.4 cm³/mol. The van der Waals surface area contributed by atoms with Crippen LogP contribution in [0.4, 0.5) is 8.78 Å². The Hall–Kier alpha value is -1.14. The molecule has 1 saturated heterocycles. The van der Waals surface area contributed by atoms with Crippen molar-refractivity contribution in [1.82, 2.24) is 5.32 Å². The molecule has 98 valence electrons. The first-order chi connectivity index (χ1) is 8.61. The summed E-state index contributed by atoms with van der Waals surface area (Å²) < 4.78 is 31.4. The van der Waals surface area contributed by atoms with Crippen molar-refractivity contribution in [2.24, 2.45) is 0 Å². The van der Waals surface area contributed by atoms with Crippen molar-refractivity contribution < 1.29 is 18.3 Å². The maximum Gasteiger partial charge on any atom is 0.323 e. The van der Waals surface area contributed by atoms with Crippen molar-refractivity contribution >= 4 is 17.7 Å². The summed E-state index contributed by atoms with van der Waals surface area (Å²) in [7, 11) is 1.31. The molecule has 1 aromatic carbocycles. The minimum absolute atomic E-state index is 0.246. The molecular formula is C12H13F2NO2S. The van der Waals surface area contributed by atoms with Gasteiger partial charge in [-0.3, -0.25) is 10.1 Å². The van der Waals surface area contributed by atoms with E-state index in [1.807, 2.05) is 0 Å². The van der Waals surface area contributed by atoms with Crippen LogP contribution in [0.2, 0.25) is 0 Å². The van der Waals surface area contributed by atoms with Gasteiger partial charge in [0.2, 0.25) is 0 Å². The van der Waals surface area contributed by atoms with Crippen LogP contribution in [0, 0.1) is 11.6 Å². The first-order valence-electron chi connectivity index (χ1n) is 5.48. The fraction of sp³-hybridized carbons (Fsp3) is 0.417. The van der Waals surface area contributed by atoms with Crippen LogP contribution in [0.3, 0.4) is 0 Å². The topological polar surface area (TPSA) is 38.3 Å². The molecule has 2 atom stereocenters. The molecule has 1 aromatic rings. The molecule has 2 rings (SSSR count). The number of halogens is 2. The van der Waals surface area contributed by atoms with E-state index in [0.717, 1.165) is 18.2 Å². The summed E-state index contributed by atoms with van der Waals surface area (Å²) in [5.41, 5.74) is 0.246. The van der Waals surface area contributed by atoms with Crippen molar-refractivity contribution in [1.29, 1.82) is 0 Å². The highest BCUT2D eigenvalue weighted by Crippen LogP contribution is 2.27. The molecule has 6 heteroatoms. The van der Waals surface area contributed by atoms with Crippen molar-refractivity contribution in [3.63, 3.8) is 0 Å². The van der Waals surface area contributed by atoms with Gasteiger partial charge >= 0.3 is 5.97 Å². The number of thioether (sulfide) groups is 1. The molecule has 1 aliphatic heterocycles. The number of ether oxygens (including phenoxy) is 1. The Morgan fingerprint density at radius 2 is 2.22 bits per heavy atom. The molecule has 1 N–H and O–H groups in total. The summed E-state index contributed by atoms with van der Waals surface area (Å²) in [4.78, 5) is 11.4. The quantitative estimate of drug-likeness (QED) is 0.835. The second-order valence-corrected chi connectivity index (χ2v) is 5.07. The Kier molecular flexibility index (Phi) is 4.19. The van der Waals surface area contributed by atoms with Gasteiger partial charge in [0.15, 0.2) is 0 Å². The van der Waals surface area contributed by atoms with Crippen LogP contribution in [-0.2, 0) is 9.53 Å². The zero-order valence-electron chi connectivity index (χ0n) is 9.78. The first-order valence-corrected chi connectivity index (χ1v) is 6.64. The molecule has 0 amide bonds. The van der Waals surface area contributed by atoms with Gasteiger partial charge in [0.05, 0.1) is 7.11 Å². The lowest BCUT2D eigenvalue weighted by Gasteiger charge is -2.29. The lowest BCUT2D eigenvalue weighted by molar-refractivity contribution is -0.142. The predicted octanol–water partition coefficient (Wildman–Crippen LogP) is 1.88. The third kappa shape index (κ3) is 2.81. The lowest BCUT2D eigenvalue weighted by Crippen LogP contribution is -2.46. The van der Waals surface area contributed by atoms with E-state index >= 15 is 0 Å². The fourth-order valence-electron chi connectivity index (χ4n) is 1.88. The average Bonchev–Trinajstić information content (AvgIpc) is 2.40. The van der Waals surface area contributed by atoms with Gasteiger partial charge in [-0.2, -0.15) is 11.8 Å². The van der Waals surface area contributed by atoms with Gasteiger partial charge < -0.3 is 4.74 Å². The Balaban J connectivity index is 2.18. The van der Waals surface area contributed by atoms with Crippen LogP contribution in [-0.4, -0.2) is 30.6 Å². The molecule has 0 aromatic heterocycles. The Morgan fingerprint density at radius 1 is 1.44 bits per heavy atom. The van der Waals surface area contributed by atoms with Gasteiger partial charge in [-0.25, -0.2) is 8.78 Å². The third-order valence-corrected chi connectivity index (χ3v) is 3.93. The zero-order valence-corrected chi connectivity index (χ0v) is 10.6. The van der Waals surface area contributed by atoms with Gasteiger partial charge in [-0.05, 0) is 18.2 Å². The van der Waals surface area contributed by atoms with Crippen LogP contribution in [0.25, 0.3) is 0 Å². The highest BCUT2D eigenvalue weighted by molar-refractivity contribution is 7.99. The van der Waals surface area contributed by atoms with Crippen LogP contribution >= 0.6 is 11.8 Å². The first kappa shape index (κ1) is 13.3. The number of nitrogens with one attached hydrogen (secondary N) is 1. The van der Waals surface area contributed by atoms with E-state index in [-0.39, 0.29) is 17.6 Å². The second-order valence-electron chi connectivity index (χ2n) is 4.00. The van der Waals surface area contributed by atoms with E-state index in [1.54, 1.807) is 0 Å². The molecule has 1 heterocycles. The Labute approximate surface area is 108 Å². The van der Waals surface area contributed by atoms with Crippen molar-refractivity contribution in [3.8, 4) is 0 Å². The summed E-state index contributed by atoms with van der Waals surface area (Å²) in [6.45, 7) is 0. The van der Waals surface area contributed by atoms with Gasteiger partial charge in [-0.1, -0.05) is 0 Å². The highest BCUT2D eigenvalue weighted by Gasteiger charge is 2.29. The van der Waals surface area contributed by atoms with Crippen LogP contribution in [0.5, 0.6) is 0 Å². The summed E-state index contributed by atoms with van der Waals surface area (Å²) in [5.74, 6) is -0.184. The molecule has 2 unspecified atom stereocenters. The van der Waals surface area contributed by atoms with Gasteiger partial charge in [0.25, 0.3) is 0 Å². The van der Waals surface area contributed by atoms with Crippen molar-refractivity contribution in [2.75, 3.05) is 18.6 Å². The van der Waals surface area contributed by atoms with Crippen LogP contribution in [0.15, 0.2) is 18.2 Å². The molecule has 18 heavy (non-hydrogen) atoms. The van der Waals surface area contributed by atoms with E-state index < -0.39 is 17.7 Å². The molecule has 0 aliphatic carbocycles. The maximum absolute atomic E-state index is 13.6. The smallest absolute Gasteiger partial charge is 0.323 e. The molecule has 1 fully saturated rings. The number of carbonyl (C=O) groups is 1. The normalized spacial score (nSPS) is 23.7. The minimum atomic E-state index is -0.488. The molecular weight excluding hydrogens is 260 g/mol. The van der Waals surface area contributed by atoms with E-state index in [2.05, 4.69) is 10.1 Å². The number of esters is 1. The number of hydrogen-bond donors (Lipinski definition) is 1. The van der Waals surface area contributed by atoms with Crippen molar-refractivity contribution in [3.05, 3.63) is 35.4 Å². The summed E-state index contributed by atoms with van der Waals surface area (Å²) in [5, 5.41) is 2.99. The molecule has 0 bridgehead atoms. The van der Waals surface area contributed by atoms with Crippen molar-refractivity contribution in [2.45, 2.75) is 12.1 Å². The van der Waals surface area contributed by atoms with Gasteiger partial charge in [-0.15, -0.1) is 0 Å². The fourth-order valence-corrected chi connectivity index (χ4v) is 3.00. The molecule has 1 aliphatic rings. The summed E-state index contributed by atoms with van der Waals surface area (Å²) >= 11 is 1.51. The third-order valence-electron chi connectivity index (χ3n) is 2.79. The van der Waals surface area contributed by atoms with Crippen LogP contribution in [0.1, 0.15) is 11.6 Å². The largest absolute Gasteiger partial charge is 0.468 e. The Bertz CT molecular complexity index is 456. The summed E-state index contributed by atoms with van der Waals surface area (Å²) in [6.07, 6.45) is 0. The average molecular weight is 273 g/mol. The standard InChI is InChI=1S/C12H13F2NO2S/c1-17-12(16)11-6-18-5-10(15-11)8-4-7(13)2-3-9(8)14/h2-4,10-11,15H,5-6H2,1H3. The molecule has 0 spiro atoms. The Morgan fingerprint density at radius 3 is 2.94 bits per heavy atom. The van der Waals surface area contributed by atoms with Gasteiger partial charge in [0.1, 0.15) is 17.7 Å². The molecule has 0 radical (unpaired) electrons. The van der Waals surface area contributed by atoms with Crippen LogP contribution < -0.4 is 5.32 Å².